The largest absolute Gasteiger partial charge is 0.382 e. The van der Waals surface area contributed by atoms with Crippen LogP contribution in [0.3, 0.4) is 0 Å². The van der Waals surface area contributed by atoms with Crippen LogP contribution in [0.1, 0.15) is 17.1 Å². The number of fused-ring (bicyclic) bond motifs is 3. The molecule has 0 saturated carbocycles. The summed E-state index contributed by atoms with van der Waals surface area (Å²) in [4.78, 5) is 9.00. The number of nitrogens with one attached hydrogen (secondary N) is 1. The molecule has 0 atom stereocenters. The van der Waals surface area contributed by atoms with Gasteiger partial charge in [0.2, 0.25) is 0 Å². The van der Waals surface area contributed by atoms with Crippen molar-refractivity contribution in [3.8, 4) is 0 Å². The fourth-order valence-corrected chi connectivity index (χ4v) is 2.49. The van der Waals surface area contributed by atoms with Gasteiger partial charge in [-0.15, -0.1) is 0 Å². The summed E-state index contributed by atoms with van der Waals surface area (Å²) in [6.45, 7) is 7.01. The van der Waals surface area contributed by atoms with Gasteiger partial charge in [-0.05, 0) is 19.4 Å². The topological polar surface area (TPSA) is 68.8 Å². The molecule has 0 aliphatic carbocycles. The highest BCUT2D eigenvalue weighted by molar-refractivity contribution is 5.88. The normalized spacial score (nSPS) is 15.9. The Labute approximate surface area is 100 Å². The van der Waals surface area contributed by atoms with Crippen LogP contribution in [-0.4, -0.2) is 27.6 Å². The van der Waals surface area contributed by atoms with Gasteiger partial charge in [0, 0.05) is 31.7 Å². The first-order valence-corrected chi connectivity index (χ1v) is 6.01. The fraction of sp³-hybridized carbons (Fsp3) is 0.500. The van der Waals surface area contributed by atoms with Crippen molar-refractivity contribution in [2.75, 3.05) is 18.8 Å². The molecule has 3 heterocycles. The standard InChI is InChI=1S/C12H17N5/c1-7-8(2)15-12(13)10-11(7)17-6-5-14-4-3-9(17)16-10/h14H,3-6H2,1-2H3,(H2,13,15). The molecule has 5 nitrogen and oxygen atoms in total. The summed E-state index contributed by atoms with van der Waals surface area (Å²) in [6.07, 6.45) is 0.951. The van der Waals surface area contributed by atoms with Crippen LogP contribution < -0.4 is 11.1 Å². The zero-order chi connectivity index (χ0) is 12.0. The molecule has 0 saturated heterocycles. The van der Waals surface area contributed by atoms with E-state index >= 15 is 0 Å². The van der Waals surface area contributed by atoms with Gasteiger partial charge in [-0.3, -0.25) is 0 Å². The monoisotopic (exact) mass is 231 g/mol. The molecule has 0 amide bonds. The number of hydrogen-bond donors (Lipinski definition) is 2. The van der Waals surface area contributed by atoms with Gasteiger partial charge in [0.15, 0.2) is 5.82 Å². The molecule has 0 fully saturated rings. The quantitative estimate of drug-likeness (QED) is 0.703. The minimum absolute atomic E-state index is 0.552. The van der Waals surface area contributed by atoms with Crippen molar-refractivity contribution in [1.29, 1.82) is 0 Å². The smallest absolute Gasteiger partial charge is 0.151 e. The maximum atomic E-state index is 5.97. The Kier molecular flexibility index (Phi) is 2.29. The summed E-state index contributed by atoms with van der Waals surface area (Å²) in [6, 6.07) is 0. The van der Waals surface area contributed by atoms with E-state index in [4.69, 9.17) is 5.73 Å². The van der Waals surface area contributed by atoms with E-state index in [9.17, 15) is 0 Å². The second-order valence-electron chi connectivity index (χ2n) is 4.58. The summed E-state index contributed by atoms with van der Waals surface area (Å²) in [5, 5.41) is 3.39. The van der Waals surface area contributed by atoms with Crippen molar-refractivity contribution in [1.82, 2.24) is 19.9 Å². The second kappa shape index (κ2) is 3.70. The summed E-state index contributed by atoms with van der Waals surface area (Å²) in [7, 11) is 0. The lowest BCUT2D eigenvalue weighted by molar-refractivity contribution is 0.656. The molecule has 1 aliphatic rings. The molecule has 5 heteroatoms. The van der Waals surface area contributed by atoms with Gasteiger partial charge in [-0.25, -0.2) is 9.97 Å². The maximum absolute atomic E-state index is 5.97. The lowest BCUT2D eigenvalue weighted by Crippen LogP contribution is -2.17. The molecule has 0 radical (unpaired) electrons. The lowest BCUT2D eigenvalue weighted by Gasteiger charge is -2.08. The number of nitrogens with two attached hydrogens (primary N) is 1. The molecule has 3 N–H and O–H groups in total. The molecule has 90 valence electrons. The van der Waals surface area contributed by atoms with Gasteiger partial charge in [0.25, 0.3) is 0 Å². The van der Waals surface area contributed by atoms with E-state index in [1.807, 2.05) is 6.92 Å². The average Bonchev–Trinajstić information content (AvgIpc) is 2.51. The van der Waals surface area contributed by atoms with Gasteiger partial charge < -0.3 is 15.6 Å². The Hall–Kier alpha value is -1.62. The van der Waals surface area contributed by atoms with Crippen molar-refractivity contribution in [2.24, 2.45) is 0 Å². The van der Waals surface area contributed by atoms with Crippen LogP contribution in [0, 0.1) is 13.8 Å². The zero-order valence-corrected chi connectivity index (χ0v) is 10.2. The number of aryl methyl sites for hydroxylation is 2. The molecule has 1 aliphatic heterocycles. The minimum Gasteiger partial charge on any atom is -0.382 e. The Morgan fingerprint density at radius 3 is 2.88 bits per heavy atom. The van der Waals surface area contributed by atoms with Gasteiger partial charge >= 0.3 is 0 Å². The van der Waals surface area contributed by atoms with Crippen LogP contribution in [0.4, 0.5) is 5.82 Å². The first-order chi connectivity index (χ1) is 8.18. The number of hydrogen-bond acceptors (Lipinski definition) is 4. The van der Waals surface area contributed by atoms with E-state index in [1.54, 1.807) is 0 Å². The molecule has 17 heavy (non-hydrogen) atoms. The van der Waals surface area contributed by atoms with Crippen molar-refractivity contribution in [3.05, 3.63) is 17.1 Å². The fourth-order valence-electron chi connectivity index (χ4n) is 2.49. The molecular weight excluding hydrogens is 214 g/mol. The number of imidazole rings is 1. The van der Waals surface area contributed by atoms with Crippen LogP contribution in [-0.2, 0) is 13.0 Å². The summed E-state index contributed by atoms with van der Waals surface area (Å²) in [5.74, 6) is 1.67. The first kappa shape index (κ1) is 10.5. The average molecular weight is 231 g/mol. The Morgan fingerprint density at radius 1 is 1.24 bits per heavy atom. The van der Waals surface area contributed by atoms with Crippen LogP contribution in [0.2, 0.25) is 0 Å². The minimum atomic E-state index is 0.552. The highest BCUT2D eigenvalue weighted by Crippen LogP contribution is 2.26. The third-order valence-electron chi connectivity index (χ3n) is 3.51. The number of nitrogens with zero attached hydrogens (tertiary/aromatic N) is 3. The van der Waals surface area contributed by atoms with Crippen molar-refractivity contribution in [3.63, 3.8) is 0 Å². The van der Waals surface area contributed by atoms with Crippen molar-refractivity contribution >= 4 is 16.9 Å². The van der Waals surface area contributed by atoms with Gasteiger partial charge in [-0.1, -0.05) is 0 Å². The van der Waals surface area contributed by atoms with E-state index in [0.29, 0.717) is 5.82 Å². The Balaban J connectivity index is 2.36. The Morgan fingerprint density at radius 2 is 2.06 bits per heavy atom. The van der Waals surface area contributed by atoms with Gasteiger partial charge in [0.1, 0.15) is 11.3 Å². The molecule has 2 aromatic rings. The molecule has 0 unspecified atom stereocenters. The molecular formula is C12H17N5. The van der Waals surface area contributed by atoms with Crippen LogP contribution in [0.25, 0.3) is 11.0 Å². The van der Waals surface area contributed by atoms with E-state index in [1.165, 1.54) is 5.56 Å². The van der Waals surface area contributed by atoms with Gasteiger partial charge in [-0.2, -0.15) is 0 Å². The first-order valence-electron chi connectivity index (χ1n) is 6.01. The number of nitrogen functional groups attached to an aromatic ring is 1. The van der Waals surface area contributed by atoms with E-state index in [-0.39, 0.29) is 0 Å². The maximum Gasteiger partial charge on any atom is 0.151 e. The number of aromatic nitrogens is 3. The van der Waals surface area contributed by atoms with Gasteiger partial charge in [0.05, 0.1) is 5.52 Å². The second-order valence-corrected chi connectivity index (χ2v) is 4.58. The zero-order valence-electron chi connectivity index (χ0n) is 10.2. The van der Waals surface area contributed by atoms with Crippen LogP contribution in [0.15, 0.2) is 0 Å². The summed E-state index contributed by atoms with van der Waals surface area (Å²) < 4.78 is 2.29. The predicted molar refractivity (Wildman–Crippen MR) is 68.0 cm³/mol. The molecule has 2 aromatic heterocycles. The lowest BCUT2D eigenvalue weighted by atomic mass is 10.2. The van der Waals surface area contributed by atoms with E-state index < -0.39 is 0 Å². The Bertz CT molecular complexity index is 584. The number of rotatable bonds is 0. The van der Waals surface area contributed by atoms with Crippen molar-refractivity contribution < 1.29 is 0 Å². The number of anilines is 1. The molecule has 0 bridgehead atoms. The highest BCUT2D eigenvalue weighted by atomic mass is 15.1. The third kappa shape index (κ3) is 1.50. The number of pyridine rings is 1. The highest BCUT2D eigenvalue weighted by Gasteiger charge is 2.18. The van der Waals surface area contributed by atoms with E-state index in [2.05, 4.69) is 26.8 Å². The SMILES string of the molecule is Cc1nc(N)c2nc3n(c2c1C)CCNCC3. The van der Waals surface area contributed by atoms with Crippen LogP contribution in [0.5, 0.6) is 0 Å². The molecule has 0 aromatic carbocycles. The molecule has 3 rings (SSSR count). The summed E-state index contributed by atoms with van der Waals surface area (Å²) >= 11 is 0. The van der Waals surface area contributed by atoms with E-state index in [0.717, 1.165) is 48.6 Å². The van der Waals surface area contributed by atoms with Crippen LogP contribution >= 0.6 is 0 Å². The molecule has 0 spiro atoms. The third-order valence-corrected chi connectivity index (χ3v) is 3.51. The van der Waals surface area contributed by atoms with Crippen molar-refractivity contribution in [2.45, 2.75) is 26.8 Å². The predicted octanol–water partition coefficient (Wildman–Crippen LogP) is 0.776. The summed E-state index contributed by atoms with van der Waals surface area (Å²) in [5.41, 5.74) is 10.2.